The molecule has 33 heavy (non-hydrogen) atoms. The second kappa shape index (κ2) is 11.0. The van der Waals surface area contributed by atoms with E-state index < -0.39 is 0 Å². The Morgan fingerprint density at radius 2 is 2.09 bits per heavy atom. The van der Waals surface area contributed by atoms with E-state index in [1.165, 1.54) is 0 Å². The summed E-state index contributed by atoms with van der Waals surface area (Å²) < 4.78 is 7.18. The molecule has 0 radical (unpaired) electrons. The fourth-order valence-electron chi connectivity index (χ4n) is 4.55. The number of nitrogens with zero attached hydrogens (tertiary/aromatic N) is 3. The van der Waals surface area contributed by atoms with Crippen LogP contribution in [-0.2, 0) is 11.8 Å². The largest absolute Gasteiger partial charge is 0.496 e. The van der Waals surface area contributed by atoms with Crippen LogP contribution in [0.25, 0.3) is 11.3 Å². The van der Waals surface area contributed by atoms with Gasteiger partial charge in [-0.25, -0.2) is 0 Å². The Morgan fingerprint density at radius 3 is 2.76 bits per heavy atom. The summed E-state index contributed by atoms with van der Waals surface area (Å²) in [5.74, 6) is 1.23. The zero-order valence-corrected chi connectivity index (χ0v) is 20.0. The number of carbonyl (C=O) groups is 1. The average molecular weight is 470 g/mol. The van der Waals surface area contributed by atoms with E-state index in [2.05, 4.69) is 44.9 Å². The van der Waals surface area contributed by atoms with Gasteiger partial charge in [0, 0.05) is 30.9 Å². The Labute approximate surface area is 200 Å². The smallest absolute Gasteiger partial charge is 0.238 e. The highest BCUT2D eigenvalue weighted by Gasteiger charge is 2.21. The molecule has 1 aliphatic carbocycles. The van der Waals surface area contributed by atoms with Crippen LogP contribution >= 0.6 is 11.6 Å². The van der Waals surface area contributed by atoms with Gasteiger partial charge >= 0.3 is 0 Å². The van der Waals surface area contributed by atoms with Crippen molar-refractivity contribution in [3.8, 4) is 17.0 Å². The molecule has 1 aliphatic heterocycles. The Balaban J connectivity index is 1.27. The molecule has 1 saturated heterocycles. The topological polar surface area (TPSA) is 71.4 Å². The van der Waals surface area contributed by atoms with Crippen LogP contribution in [0.2, 0.25) is 5.02 Å². The normalized spacial score (nSPS) is 19.1. The van der Waals surface area contributed by atoms with E-state index in [-0.39, 0.29) is 12.5 Å². The van der Waals surface area contributed by atoms with Crippen molar-refractivity contribution in [2.45, 2.75) is 25.3 Å². The quantitative estimate of drug-likeness (QED) is 0.614. The van der Waals surface area contributed by atoms with Crippen molar-refractivity contribution in [3.63, 3.8) is 0 Å². The number of nitrogens with one attached hydrogen (secondary N) is 2. The molecule has 7 nitrogen and oxygen atoms in total. The second-order valence-corrected chi connectivity index (χ2v) is 9.10. The molecule has 176 valence electrons. The summed E-state index contributed by atoms with van der Waals surface area (Å²) in [5, 5.41) is 11.1. The molecule has 0 saturated carbocycles. The number of allylic oxidation sites excluding steroid dienone is 3. The lowest BCUT2D eigenvalue weighted by Crippen LogP contribution is -2.45. The van der Waals surface area contributed by atoms with Crippen LogP contribution in [0.4, 0.5) is 5.69 Å². The van der Waals surface area contributed by atoms with E-state index >= 15 is 0 Å². The van der Waals surface area contributed by atoms with Crippen molar-refractivity contribution in [2.24, 2.45) is 13.0 Å². The molecule has 8 heteroatoms. The number of rotatable bonds is 8. The number of carbonyl (C=O) groups excluding carboxylic acids is 1. The molecule has 0 spiro atoms. The van der Waals surface area contributed by atoms with Gasteiger partial charge in [0.05, 0.1) is 30.6 Å². The lowest BCUT2D eigenvalue weighted by atomic mass is 9.98. The van der Waals surface area contributed by atoms with E-state index in [0.29, 0.717) is 28.4 Å². The fraction of sp³-hybridized carbons (Fsp3) is 0.440. The van der Waals surface area contributed by atoms with Crippen LogP contribution in [0.1, 0.15) is 19.3 Å². The van der Waals surface area contributed by atoms with Crippen molar-refractivity contribution >= 4 is 23.2 Å². The van der Waals surface area contributed by atoms with E-state index in [4.69, 9.17) is 16.3 Å². The predicted molar refractivity (Wildman–Crippen MR) is 133 cm³/mol. The van der Waals surface area contributed by atoms with Crippen LogP contribution in [0.3, 0.4) is 0 Å². The van der Waals surface area contributed by atoms with E-state index in [0.717, 1.165) is 50.2 Å². The first-order valence-electron chi connectivity index (χ1n) is 11.5. The Bertz CT molecular complexity index is 1000. The van der Waals surface area contributed by atoms with E-state index in [1.54, 1.807) is 18.0 Å². The number of aryl methyl sites for hydroxylation is 1. The molecule has 1 atom stereocenters. The molecular formula is C25H32ClN5O2. The molecule has 2 aromatic rings. The molecule has 1 unspecified atom stereocenters. The SMILES string of the molecule is COc1ccc(NC(=O)CNC2CCN(CC3C=CC=CC3)CC2)cc1-c1c(Cl)cnn1C. The third-order valence-electron chi connectivity index (χ3n) is 6.33. The van der Waals surface area contributed by atoms with Gasteiger partial charge in [0.15, 0.2) is 0 Å². The fourth-order valence-corrected chi connectivity index (χ4v) is 4.81. The minimum atomic E-state index is -0.0659. The summed E-state index contributed by atoms with van der Waals surface area (Å²) in [4.78, 5) is 15.1. The summed E-state index contributed by atoms with van der Waals surface area (Å²) in [6.45, 7) is 3.55. The van der Waals surface area contributed by atoms with Crippen molar-refractivity contribution in [1.29, 1.82) is 0 Å². The third-order valence-corrected chi connectivity index (χ3v) is 6.61. The second-order valence-electron chi connectivity index (χ2n) is 8.69. The van der Waals surface area contributed by atoms with E-state index in [1.807, 2.05) is 25.2 Å². The van der Waals surface area contributed by atoms with Crippen LogP contribution in [-0.4, -0.2) is 59.9 Å². The van der Waals surface area contributed by atoms with Crippen LogP contribution in [0.15, 0.2) is 48.7 Å². The minimum Gasteiger partial charge on any atom is -0.496 e. The Kier molecular flexibility index (Phi) is 7.85. The van der Waals surface area contributed by atoms with Gasteiger partial charge < -0.3 is 20.3 Å². The van der Waals surface area contributed by atoms with Gasteiger partial charge in [0.25, 0.3) is 0 Å². The maximum Gasteiger partial charge on any atom is 0.238 e. The number of aromatic nitrogens is 2. The molecular weight excluding hydrogens is 438 g/mol. The first kappa shape index (κ1) is 23.5. The van der Waals surface area contributed by atoms with Gasteiger partial charge in [-0.1, -0.05) is 35.9 Å². The number of hydrogen-bond acceptors (Lipinski definition) is 5. The van der Waals surface area contributed by atoms with E-state index in [9.17, 15) is 4.79 Å². The van der Waals surface area contributed by atoms with Crippen LogP contribution in [0, 0.1) is 5.92 Å². The predicted octanol–water partition coefficient (Wildman–Crippen LogP) is 3.87. The number of piperidine rings is 1. The number of halogens is 1. The standard InChI is InChI=1S/C25H32ClN5O2/c1-30-25(22(26)15-28-30)21-14-20(8-9-23(21)33-2)29-24(32)16-27-19-10-12-31(13-11-19)17-18-6-4-3-5-7-18/h3-6,8-9,14-15,18-19,27H,7,10-13,16-17H2,1-2H3,(H,29,32). The molecule has 1 aromatic carbocycles. The maximum absolute atomic E-state index is 12.6. The molecule has 2 N–H and O–H groups in total. The van der Waals surface area contributed by atoms with Gasteiger partial charge in [-0.3, -0.25) is 9.48 Å². The number of benzene rings is 1. The van der Waals surface area contributed by atoms with Gasteiger partial charge in [-0.05, 0) is 56.5 Å². The summed E-state index contributed by atoms with van der Waals surface area (Å²) >= 11 is 6.32. The highest BCUT2D eigenvalue weighted by atomic mass is 35.5. The first-order valence-corrected chi connectivity index (χ1v) is 11.9. The van der Waals surface area contributed by atoms with Gasteiger partial charge in [0.1, 0.15) is 5.75 Å². The van der Waals surface area contributed by atoms with Crippen molar-refractivity contribution in [2.75, 3.05) is 38.6 Å². The molecule has 1 amide bonds. The lowest BCUT2D eigenvalue weighted by molar-refractivity contribution is -0.115. The number of anilines is 1. The van der Waals surface area contributed by atoms with Crippen LogP contribution in [0.5, 0.6) is 5.75 Å². The zero-order valence-electron chi connectivity index (χ0n) is 19.3. The van der Waals surface area contributed by atoms with Crippen LogP contribution < -0.4 is 15.4 Å². The number of hydrogen-bond donors (Lipinski definition) is 2. The third kappa shape index (κ3) is 6.05. The number of ether oxygens (including phenoxy) is 1. The van der Waals surface area contributed by atoms with Gasteiger partial charge in [0.2, 0.25) is 5.91 Å². The molecule has 0 bridgehead atoms. The zero-order chi connectivity index (χ0) is 23.2. The number of likely N-dealkylation sites (tertiary alicyclic amines) is 1. The maximum atomic E-state index is 12.6. The molecule has 1 fully saturated rings. The minimum absolute atomic E-state index is 0.0659. The summed E-state index contributed by atoms with van der Waals surface area (Å²) in [6, 6.07) is 5.90. The van der Waals surface area contributed by atoms with Gasteiger partial charge in [-0.15, -0.1) is 0 Å². The summed E-state index contributed by atoms with van der Waals surface area (Å²) in [7, 11) is 3.43. The first-order chi connectivity index (χ1) is 16.0. The average Bonchev–Trinajstić information content (AvgIpc) is 3.17. The highest BCUT2D eigenvalue weighted by molar-refractivity contribution is 6.33. The molecule has 2 heterocycles. The number of methoxy groups -OCH3 is 1. The van der Waals surface area contributed by atoms with Gasteiger partial charge in [-0.2, -0.15) is 5.10 Å². The van der Waals surface area contributed by atoms with Crippen molar-refractivity contribution in [3.05, 3.63) is 53.7 Å². The Hall–Kier alpha value is -2.61. The number of amides is 1. The van der Waals surface area contributed by atoms with Crippen molar-refractivity contribution in [1.82, 2.24) is 20.0 Å². The lowest BCUT2D eigenvalue weighted by Gasteiger charge is -2.34. The highest BCUT2D eigenvalue weighted by Crippen LogP contribution is 2.36. The molecule has 2 aliphatic rings. The Morgan fingerprint density at radius 1 is 1.27 bits per heavy atom. The summed E-state index contributed by atoms with van der Waals surface area (Å²) in [5.41, 5.74) is 2.22. The molecule has 4 rings (SSSR count). The monoisotopic (exact) mass is 469 g/mol. The molecule has 1 aromatic heterocycles. The summed E-state index contributed by atoms with van der Waals surface area (Å²) in [6.07, 6.45) is 13.7. The van der Waals surface area contributed by atoms with Crippen molar-refractivity contribution < 1.29 is 9.53 Å².